The fraction of sp³-hybridized carbons (Fsp3) is 0.571. The Kier molecular flexibility index (Phi) is 2.05. The van der Waals surface area contributed by atoms with E-state index in [1.807, 2.05) is 12.1 Å². The summed E-state index contributed by atoms with van der Waals surface area (Å²) in [4.78, 5) is 0. The second kappa shape index (κ2) is 3.24. The van der Waals surface area contributed by atoms with Gasteiger partial charge in [-0.1, -0.05) is 19.9 Å². The van der Waals surface area contributed by atoms with Gasteiger partial charge in [0.1, 0.15) is 5.75 Å². The Hall–Kier alpha value is -1.02. The SMILES string of the molecule is CC1(C)COc2ccc(C(O)C3CC3)cc21. The molecule has 1 heterocycles. The lowest BCUT2D eigenvalue weighted by Gasteiger charge is -2.17. The summed E-state index contributed by atoms with van der Waals surface area (Å²) in [6, 6.07) is 6.14. The maximum atomic E-state index is 10.1. The second-order valence-corrected chi connectivity index (χ2v) is 5.71. The molecule has 1 saturated carbocycles. The van der Waals surface area contributed by atoms with E-state index < -0.39 is 0 Å². The van der Waals surface area contributed by atoms with Crippen molar-refractivity contribution in [2.75, 3.05) is 6.61 Å². The number of hydrogen-bond donors (Lipinski definition) is 1. The van der Waals surface area contributed by atoms with Gasteiger partial charge in [0.2, 0.25) is 0 Å². The van der Waals surface area contributed by atoms with Gasteiger partial charge in [-0.25, -0.2) is 0 Å². The van der Waals surface area contributed by atoms with Crippen LogP contribution in [0.15, 0.2) is 18.2 Å². The highest BCUT2D eigenvalue weighted by atomic mass is 16.5. The van der Waals surface area contributed by atoms with Crippen LogP contribution in [0.25, 0.3) is 0 Å². The van der Waals surface area contributed by atoms with Crippen molar-refractivity contribution in [3.8, 4) is 5.75 Å². The smallest absolute Gasteiger partial charge is 0.123 e. The van der Waals surface area contributed by atoms with Gasteiger partial charge in [-0.3, -0.25) is 0 Å². The molecular formula is C14H18O2. The van der Waals surface area contributed by atoms with Crippen LogP contribution in [0.1, 0.15) is 43.9 Å². The number of aliphatic hydroxyl groups is 1. The molecule has 1 fully saturated rings. The molecule has 3 rings (SSSR count). The first-order chi connectivity index (χ1) is 7.58. The molecule has 0 saturated heterocycles. The first-order valence-electron chi connectivity index (χ1n) is 6.03. The van der Waals surface area contributed by atoms with Gasteiger partial charge in [-0.05, 0) is 36.5 Å². The zero-order valence-electron chi connectivity index (χ0n) is 9.86. The standard InChI is InChI=1S/C14H18O2/c1-14(2)8-16-12-6-5-10(7-11(12)14)13(15)9-3-4-9/h5-7,9,13,15H,3-4,8H2,1-2H3. The Labute approximate surface area is 96.2 Å². The monoisotopic (exact) mass is 218 g/mol. The molecule has 2 nitrogen and oxygen atoms in total. The number of hydrogen-bond acceptors (Lipinski definition) is 2. The predicted molar refractivity (Wildman–Crippen MR) is 62.6 cm³/mol. The average molecular weight is 218 g/mol. The Morgan fingerprint density at radius 2 is 2.12 bits per heavy atom. The van der Waals surface area contributed by atoms with Crippen molar-refractivity contribution in [2.45, 2.75) is 38.2 Å². The van der Waals surface area contributed by atoms with Gasteiger partial charge < -0.3 is 9.84 Å². The first kappa shape index (κ1) is 10.2. The average Bonchev–Trinajstić information content (AvgIpc) is 3.05. The normalized spacial score (nSPS) is 23.7. The number of benzene rings is 1. The molecule has 0 bridgehead atoms. The minimum atomic E-state index is -0.276. The van der Waals surface area contributed by atoms with E-state index in [0.717, 1.165) is 30.8 Å². The topological polar surface area (TPSA) is 29.5 Å². The van der Waals surface area contributed by atoms with Gasteiger partial charge in [0.25, 0.3) is 0 Å². The highest BCUT2D eigenvalue weighted by Crippen LogP contribution is 2.44. The molecule has 1 unspecified atom stereocenters. The van der Waals surface area contributed by atoms with Crippen molar-refractivity contribution in [3.05, 3.63) is 29.3 Å². The van der Waals surface area contributed by atoms with Crippen LogP contribution in [0.5, 0.6) is 5.75 Å². The summed E-state index contributed by atoms with van der Waals surface area (Å²) in [5.41, 5.74) is 2.37. The lowest BCUT2D eigenvalue weighted by Crippen LogP contribution is -2.18. The fourth-order valence-corrected chi connectivity index (χ4v) is 2.41. The lowest BCUT2D eigenvalue weighted by molar-refractivity contribution is 0.153. The van der Waals surface area contributed by atoms with Crippen LogP contribution in [0.3, 0.4) is 0 Å². The van der Waals surface area contributed by atoms with Crippen LogP contribution in [0.2, 0.25) is 0 Å². The molecule has 16 heavy (non-hydrogen) atoms. The van der Waals surface area contributed by atoms with E-state index in [-0.39, 0.29) is 11.5 Å². The Morgan fingerprint density at radius 1 is 1.38 bits per heavy atom. The maximum Gasteiger partial charge on any atom is 0.123 e. The Morgan fingerprint density at radius 3 is 2.81 bits per heavy atom. The molecule has 2 heteroatoms. The largest absolute Gasteiger partial charge is 0.492 e. The molecule has 0 spiro atoms. The highest BCUT2D eigenvalue weighted by molar-refractivity contribution is 5.45. The predicted octanol–water partition coefficient (Wildman–Crippen LogP) is 2.80. The summed E-state index contributed by atoms with van der Waals surface area (Å²) in [6.45, 7) is 5.11. The Balaban J connectivity index is 1.98. The van der Waals surface area contributed by atoms with Gasteiger partial charge in [0.05, 0.1) is 12.7 Å². The molecule has 1 aromatic rings. The van der Waals surface area contributed by atoms with Gasteiger partial charge in [-0.2, -0.15) is 0 Å². The third-order valence-corrected chi connectivity index (χ3v) is 3.73. The van der Waals surface area contributed by atoms with E-state index >= 15 is 0 Å². The van der Waals surface area contributed by atoms with Crippen molar-refractivity contribution in [1.29, 1.82) is 0 Å². The zero-order valence-corrected chi connectivity index (χ0v) is 9.86. The lowest BCUT2D eigenvalue weighted by atomic mass is 9.85. The van der Waals surface area contributed by atoms with Crippen LogP contribution in [0, 0.1) is 5.92 Å². The Bertz CT molecular complexity index is 419. The van der Waals surface area contributed by atoms with Gasteiger partial charge in [0, 0.05) is 11.0 Å². The summed E-state index contributed by atoms with van der Waals surface area (Å²) in [6.07, 6.45) is 2.05. The van der Waals surface area contributed by atoms with Crippen molar-refractivity contribution >= 4 is 0 Å². The first-order valence-corrected chi connectivity index (χ1v) is 6.03. The third kappa shape index (κ3) is 1.52. The van der Waals surface area contributed by atoms with Crippen molar-refractivity contribution in [2.24, 2.45) is 5.92 Å². The van der Waals surface area contributed by atoms with Crippen molar-refractivity contribution < 1.29 is 9.84 Å². The summed E-state index contributed by atoms with van der Waals surface area (Å²) >= 11 is 0. The zero-order chi connectivity index (χ0) is 11.3. The number of fused-ring (bicyclic) bond motifs is 1. The van der Waals surface area contributed by atoms with Gasteiger partial charge in [-0.15, -0.1) is 0 Å². The van der Waals surface area contributed by atoms with E-state index in [9.17, 15) is 5.11 Å². The molecule has 86 valence electrons. The van der Waals surface area contributed by atoms with Crippen molar-refractivity contribution in [1.82, 2.24) is 0 Å². The number of ether oxygens (including phenoxy) is 1. The van der Waals surface area contributed by atoms with E-state index in [0.29, 0.717) is 5.92 Å². The molecule has 2 aliphatic rings. The molecular weight excluding hydrogens is 200 g/mol. The fourth-order valence-electron chi connectivity index (χ4n) is 2.41. The molecule has 0 amide bonds. The second-order valence-electron chi connectivity index (χ2n) is 5.71. The summed E-state index contributed by atoms with van der Waals surface area (Å²) in [5.74, 6) is 1.47. The highest BCUT2D eigenvalue weighted by Gasteiger charge is 2.35. The summed E-state index contributed by atoms with van der Waals surface area (Å²) in [5, 5.41) is 10.1. The van der Waals surface area contributed by atoms with Crippen LogP contribution in [0.4, 0.5) is 0 Å². The van der Waals surface area contributed by atoms with E-state index in [1.54, 1.807) is 0 Å². The molecule has 1 atom stereocenters. The summed E-state index contributed by atoms with van der Waals surface area (Å²) < 4.78 is 5.64. The minimum absolute atomic E-state index is 0.0780. The maximum absolute atomic E-state index is 10.1. The van der Waals surface area contributed by atoms with Crippen LogP contribution in [-0.2, 0) is 5.41 Å². The number of rotatable bonds is 2. The molecule has 1 aromatic carbocycles. The minimum Gasteiger partial charge on any atom is -0.492 e. The molecule has 1 N–H and O–H groups in total. The molecule has 0 aromatic heterocycles. The van der Waals surface area contributed by atoms with E-state index in [4.69, 9.17) is 4.74 Å². The molecule has 1 aliphatic heterocycles. The third-order valence-electron chi connectivity index (χ3n) is 3.73. The van der Waals surface area contributed by atoms with Crippen LogP contribution < -0.4 is 4.74 Å². The molecule has 1 aliphatic carbocycles. The van der Waals surface area contributed by atoms with Crippen molar-refractivity contribution in [3.63, 3.8) is 0 Å². The van der Waals surface area contributed by atoms with Gasteiger partial charge >= 0.3 is 0 Å². The quantitative estimate of drug-likeness (QED) is 0.827. The molecule has 0 radical (unpaired) electrons. The van der Waals surface area contributed by atoms with Crippen LogP contribution >= 0.6 is 0 Å². The van der Waals surface area contributed by atoms with Gasteiger partial charge in [0.15, 0.2) is 0 Å². The number of aliphatic hydroxyl groups excluding tert-OH is 1. The van der Waals surface area contributed by atoms with E-state index in [1.165, 1.54) is 5.56 Å². The summed E-state index contributed by atoms with van der Waals surface area (Å²) in [7, 11) is 0. The van der Waals surface area contributed by atoms with Crippen LogP contribution in [-0.4, -0.2) is 11.7 Å². The van der Waals surface area contributed by atoms with E-state index in [2.05, 4.69) is 19.9 Å².